The number of hydrogen-bond acceptors (Lipinski definition) is 11. The summed E-state index contributed by atoms with van der Waals surface area (Å²) in [6.07, 6.45) is 8.28. The Hall–Kier alpha value is -0.440. The highest BCUT2D eigenvalue weighted by Gasteiger charge is 2.64. The quantitative estimate of drug-likeness (QED) is 0.478. The van der Waals surface area contributed by atoms with Crippen LogP contribution in [0.3, 0.4) is 0 Å². The molecule has 0 aliphatic carbocycles. The first-order valence-electron chi connectivity index (χ1n) is 13.4. The molecule has 0 aromatic carbocycles. The maximum absolute atomic E-state index is 12.5. The molecule has 2 atom stereocenters. The van der Waals surface area contributed by atoms with Crippen molar-refractivity contribution in [1.29, 1.82) is 0 Å². The average Bonchev–Trinajstić information content (AvgIpc) is 3.65. The van der Waals surface area contributed by atoms with Gasteiger partial charge in [-0.15, -0.1) is 0 Å². The van der Waals surface area contributed by atoms with Gasteiger partial charge in [0, 0.05) is 76.6 Å². The number of thioether (sulfide) groups is 1. The summed E-state index contributed by atoms with van der Waals surface area (Å²) in [7, 11) is -2.97. The van der Waals surface area contributed by atoms with Gasteiger partial charge in [-0.2, -0.15) is 21.8 Å². The van der Waals surface area contributed by atoms with Crippen molar-refractivity contribution in [2.75, 3.05) is 102 Å². The van der Waals surface area contributed by atoms with Gasteiger partial charge in [0.25, 0.3) is 0 Å². The Morgan fingerprint density at radius 3 is 2.20 bits per heavy atom. The lowest BCUT2D eigenvalue weighted by molar-refractivity contribution is -0.329. The molecule has 35 heavy (non-hydrogen) atoms. The van der Waals surface area contributed by atoms with Gasteiger partial charge in [-0.25, -0.2) is 13.4 Å². The minimum absolute atomic E-state index is 0.217. The summed E-state index contributed by atoms with van der Waals surface area (Å²) < 4.78 is 30.8. The van der Waals surface area contributed by atoms with Crippen molar-refractivity contribution in [1.82, 2.24) is 34.7 Å². The lowest BCUT2D eigenvalue weighted by Crippen LogP contribution is -2.80. The number of nitrogens with zero attached hydrogens (tertiary/aromatic N) is 7. The highest BCUT2D eigenvalue weighted by atomic mass is 32.2. The van der Waals surface area contributed by atoms with Crippen molar-refractivity contribution in [3.8, 4) is 0 Å². The van der Waals surface area contributed by atoms with Crippen LogP contribution >= 0.6 is 11.8 Å². The van der Waals surface area contributed by atoms with E-state index in [9.17, 15) is 8.42 Å². The first-order valence-corrected chi connectivity index (χ1v) is 16.4. The van der Waals surface area contributed by atoms with Gasteiger partial charge < -0.3 is 9.75 Å². The Morgan fingerprint density at radius 1 is 0.857 bits per heavy atom. The largest absolute Gasteiger partial charge is 0.379 e. The monoisotopic (exact) mass is 527 g/mol. The van der Waals surface area contributed by atoms with Gasteiger partial charge in [-0.05, 0) is 19.3 Å². The van der Waals surface area contributed by atoms with Crippen molar-refractivity contribution in [2.45, 2.75) is 31.3 Å². The van der Waals surface area contributed by atoms with Crippen LogP contribution in [-0.2, 0) is 14.6 Å². The van der Waals surface area contributed by atoms with Crippen molar-refractivity contribution in [2.24, 2.45) is 0 Å². The van der Waals surface area contributed by atoms with Crippen LogP contribution in [0.25, 0.3) is 0 Å². The van der Waals surface area contributed by atoms with Gasteiger partial charge in [0.2, 0.25) is 5.91 Å². The molecule has 0 spiro atoms. The molecule has 6 aliphatic heterocycles. The van der Waals surface area contributed by atoms with Crippen molar-refractivity contribution >= 4 is 21.6 Å². The first-order chi connectivity index (χ1) is 17.1. The van der Waals surface area contributed by atoms with Crippen LogP contribution in [0.2, 0.25) is 0 Å². The molecule has 0 N–H and O–H groups in total. The molecule has 6 heterocycles. The van der Waals surface area contributed by atoms with E-state index in [1.54, 1.807) is 0 Å². The van der Waals surface area contributed by atoms with E-state index < -0.39 is 15.7 Å². The summed E-state index contributed by atoms with van der Waals surface area (Å²) in [5.74, 6) is 2.38. The minimum Gasteiger partial charge on any atom is -0.379 e. The molecule has 0 aromatic rings. The number of hydrogen-bond donors (Lipinski definition) is 0. The van der Waals surface area contributed by atoms with E-state index >= 15 is 0 Å². The molecule has 0 saturated carbocycles. The van der Waals surface area contributed by atoms with Gasteiger partial charge in [-0.1, -0.05) is 6.08 Å². The van der Waals surface area contributed by atoms with Gasteiger partial charge in [-0.3, -0.25) is 14.7 Å². The maximum Gasteiger partial charge on any atom is 0.223 e. The molecule has 6 aliphatic rings. The average molecular weight is 528 g/mol. The lowest BCUT2D eigenvalue weighted by Gasteiger charge is -2.60. The second-order valence-electron chi connectivity index (χ2n) is 10.4. The molecule has 198 valence electrons. The third-order valence-corrected chi connectivity index (χ3v) is 11.0. The topological polar surface area (TPSA) is 66.1 Å². The summed E-state index contributed by atoms with van der Waals surface area (Å²) in [4.78, 5) is 8.02. The molecular formula is C23H41N7O3S2. The number of morpholine rings is 1. The summed E-state index contributed by atoms with van der Waals surface area (Å²) in [6.45, 7) is 10.6. The Balaban J connectivity index is 1.47. The first kappa shape index (κ1) is 24.9. The van der Waals surface area contributed by atoms with Crippen LogP contribution in [0.4, 0.5) is 0 Å². The number of rotatable bonds is 5. The number of likely N-dealkylation sites (tertiary alicyclic amines) is 1. The summed E-state index contributed by atoms with van der Waals surface area (Å²) >= 11 is 2.05. The smallest absolute Gasteiger partial charge is 0.223 e. The van der Waals surface area contributed by atoms with E-state index in [-0.39, 0.29) is 17.7 Å². The maximum atomic E-state index is 12.5. The number of hydrazine groups is 2. The Kier molecular flexibility index (Phi) is 7.37. The van der Waals surface area contributed by atoms with Gasteiger partial charge in [0.1, 0.15) is 0 Å². The molecule has 0 amide bonds. The Morgan fingerprint density at radius 2 is 1.54 bits per heavy atom. The van der Waals surface area contributed by atoms with E-state index in [1.165, 1.54) is 12.8 Å². The van der Waals surface area contributed by atoms with Crippen molar-refractivity contribution in [3.05, 3.63) is 12.3 Å². The fraction of sp³-hybridized carbons (Fsp3) is 0.913. The van der Waals surface area contributed by atoms with E-state index in [4.69, 9.17) is 4.74 Å². The molecule has 12 heteroatoms. The Bertz CT molecular complexity index is 860. The number of ether oxygens (including phenoxy) is 1. The van der Waals surface area contributed by atoms with Crippen LogP contribution in [0.1, 0.15) is 19.3 Å². The summed E-state index contributed by atoms with van der Waals surface area (Å²) in [6, 6.07) is 0. The fourth-order valence-electron chi connectivity index (χ4n) is 6.77. The van der Waals surface area contributed by atoms with E-state index in [0.717, 1.165) is 83.5 Å². The highest BCUT2D eigenvalue weighted by molar-refractivity contribution is 7.99. The predicted octanol–water partition coefficient (Wildman–Crippen LogP) is -0.202. The lowest BCUT2D eigenvalue weighted by atomic mass is 10.3. The summed E-state index contributed by atoms with van der Waals surface area (Å²) in [5.41, 5.74) is 0. The second kappa shape index (κ2) is 10.4. The molecule has 5 saturated heterocycles. The van der Waals surface area contributed by atoms with E-state index in [2.05, 4.69) is 47.0 Å². The van der Waals surface area contributed by atoms with Crippen LogP contribution in [0, 0.1) is 0 Å². The second-order valence-corrected chi connectivity index (χ2v) is 13.9. The fourth-order valence-corrected chi connectivity index (χ4v) is 8.88. The molecule has 2 unspecified atom stereocenters. The van der Waals surface area contributed by atoms with Crippen molar-refractivity contribution in [3.63, 3.8) is 0 Å². The van der Waals surface area contributed by atoms with Gasteiger partial charge >= 0.3 is 0 Å². The molecule has 6 rings (SSSR count). The van der Waals surface area contributed by atoms with Crippen LogP contribution in [-0.4, -0.2) is 157 Å². The van der Waals surface area contributed by atoms with E-state index in [1.807, 2.05) is 11.8 Å². The normalized spacial score (nSPS) is 37.0. The third kappa shape index (κ3) is 4.57. The zero-order chi connectivity index (χ0) is 23.9. The molecular weight excluding hydrogens is 486 g/mol. The zero-order valence-electron chi connectivity index (χ0n) is 20.8. The molecule has 0 bridgehead atoms. The third-order valence-electron chi connectivity index (χ3n) is 8.44. The standard InChI is InChI=1S/C23H41N7O3S2/c31-35(32)19-13-28(14-20-35)30-22(24-11-17-34-18-12-24)21-29(27-7-3-4-8-27)23(30,25-5-1-2-6-25)26-9-15-33-16-10-26/h3,7,22H,1-2,4-6,8-21H2. The van der Waals surface area contributed by atoms with E-state index in [0.29, 0.717) is 13.1 Å². The summed E-state index contributed by atoms with van der Waals surface area (Å²) in [5, 5.41) is 10.2. The van der Waals surface area contributed by atoms with Crippen LogP contribution in [0.15, 0.2) is 12.3 Å². The molecule has 5 fully saturated rings. The highest BCUT2D eigenvalue weighted by Crippen LogP contribution is 2.44. The predicted molar refractivity (Wildman–Crippen MR) is 138 cm³/mol. The molecule has 10 nitrogen and oxygen atoms in total. The molecule has 0 aromatic heterocycles. The van der Waals surface area contributed by atoms with Crippen LogP contribution < -0.4 is 0 Å². The minimum atomic E-state index is -2.97. The SMILES string of the molecule is O=S1(=O)CCN(N2C(N3CCSCC3)CN(N3C=CCC3)C2(N2CCCC2)N2CCOCC2)CC1. The Labute approximate surface area is 214 Å². The van der Waals surface area contributed by atoms with Gasteiger partial charge in [0.15, 0.2) is 9.84 Å². The van der Waals surface area contributed by atoms with Crippen LogP contribution in [0.5, 0.6) is 0 Å². The zero-order valence-corrected chi connectivity index (χ0v) is 22.5. The van der Waals surface area contributed by atoms with Gasteiger partial charge in [0.05, 0.1) is 37.4 Å². The molecule has 0 radical (unpaired) electrons. The van der Waals surface area contributed by atoms with Crippen molar-refractivity contribution < 1.29 is 13.2 Å². The number of sulfone groups is 1.